The van der Waals surface area contributed by atoms with Crippen LogP contribution in [0.25, 0.3) is 10.2 Å². The van der Waals surface area contributed by atoms with E-state index in [0.29, 0.717) is 38.3 Å². The smallest absolute Gasteiger partial charge is 0.291 e. The van der Waals surface area contributed by atoms with Gasteiger partial charge in [0.25, 0.3) is 11.5 Å². The van der Waals surface area contributed by atoms with Gasteiger partial charge < -0.3 is 14.8 Å². The van der Waals surface area contributed by atoms with E-state index in [-0.39, 0.29) is 17.7 Å². The van der Waals surface area contributed by atoms with Crippen LogP contribution in [0.4, 0.5) is 5.69 Å². The van der Waals surface area contributed by atoms with Crippen molar-refractivity contribution in [2.45, 2.75) is 23.8 Å². The number of carbonyl (C=O) groups excluding carboxylic acids is 2. The summed E-state index contributed by atoms with van der Waals surface area (Å²) in [5.74, 6) is 0.290. The van der Waals surface area contributed by atoms with Crippen LogP contribution in [0.3, 0.4) is 0 Å². The summed E-state index contributed by atoms with van der Waals surface area (Å²) in [6.07, 6.45) is 0.455. The highest BCUT2D eigenvalue weighted by atomic mass is 79.9. The highest BCUT2D eigenvalue weighted by Crippen LogP contribution is 2.27. The SMILES string of the molecule is CC[C@@H](Sc1nc2ccsc2c(=O)n1NC(=O)COc1ccccc1Br)C(=O)Nc1cccc(OC)c1. The molecule has 4 rings (SSSR count). The summed E-state index contributed by atoms with van der Waals surface area (Å²) in [6.45, 7) is 1.54. The summed E-state index contributed by atoms with van der Waals surface area (Å²) in [5.41, 5.74) is 3.23. The van der Waals surface area contributed by atoms with Gasteiger partial charge in [-0.05, 0) is 58.1 Å². The van der Waals surface area contributed by atoms with Gasteiger partial charge in [0.15, 0.2) is 11.8 Å². The van der Waals surface area contributed by atoms with Crippen LogP contribution in [0.1, 0.15) is 13.3 Å². The highest BCUT2D eigenvalue weighted by Gasteiger charge is 2.23. The third kappa shape index (κ3) is 6.51. The van der Waals surface area contributed by atoms with Crippen molar-refractivity contribution in [3.8, 4) is 11.5 Å². The molecule has 1 atom stereocenters. The highest BCUT2D eigenvalue weighted by molar-refractivity contribution is 9.10. The first-order chi connectivity index (χ1) is 17.9. The van der Waals surface area contributed by atoms with Crippen LogP contribution in [0.5, 0.6) is 11.5 Å². The first kappa shape index (κ1) is 26.7. The molecule has 2 aromatic heterocycles. The Hall–Kier alpha value is -3.35. The number of thioether (sulfide) groups is 1. The zero-order valence-corrected chi connectivity index (χ0v) is 23.1. The predicted octanol–water partition coefficient (Wildman–Crippen LogP) is 4.89. The number of carbonyl (C=O) groups is 2. The van der Waals surface area contributed by atoms with Crippen molar-refractivity contribution in [2.75, 3.05) is 24.5 Å². The maximum absolute atomic E-state index is 13.2. The first-order valence-electron chi connectivity index (χ1n) is 11.2. The maximum Gasteiger partial charge on any atom is 0.291 e. The Balaban J connectivity index is 1.55. The lowest BCUT2D eigenvalue weighted by Crippen LogP contribution is -2.37. The van der Waals surface area contributed by atoms with Crippen LogP contribution in [0.15, 0.2) is 74.4 Å². The third-order valence-corrected chi connectivity index (χ3v) is 7.99. The molecule has 9 nitrogen and oxygen atoms in total. The van der Waals surface area contributed by atoms with Crippen LogP contribution in [-0.2, 0) is 9.59 Å². The minimum absolute atomic E-state index is 0.192. The van der Waals surface area contributed by atoms with E-state index in [4.69, 9.17) is 9.47 Å². The first-order valence-corrected chi connectivity index (χ1v) is 13.7. The lowest BCUT2D eigenvalue weighted by Gasteiger charge is -2.18. The number of hydrogen-bond acceptors (Lipinski definition) is 8. The number of methoxy groups -OCH3 is 1. The minimum atomic E-state index is -0.589. The third-order valence-electron chi connectivity index (χ3n) is 5.13. The summed E-state index contributed by atoms with van der Waals surface area (Å²) >= 11 is 5.69. The van der Waals surface area contributed by atoms with Gasteiger partial charge in [0.1, 0.15) is 16.2 Å². The molecule has 0 bridgehead atoms. The van der Waals surface area contributed by atoms with E-state index >= 15 is 0 Å². The fourth-order valence-corrected chi connectivity index (χ4v) is 5.44. The second kappa shape index (κ2) is 12.3. The van der Waals surface area contributed by atoms with Gasteiger partial charge in [-0.3, -0.25) is 19.8 Å². The summed E-state index contributed by atoms with van der Waals surface area (Å²) in [6, 6.07) is 15.9. The Morgan fingerprint density at radius 3 is 2.76 bits per heavy atom. The number of hydrogen-bond donors (Lipinski definition) is 2. The van der Waals surface area contributed by atoms with Gasteiger partial charge in [-0.25, -0.2) is 4.98 Å². The zero-order valence-electron chi connectivity index (χ0n) is 19.9. The fourth-order valence-electron chi connectivity index (χ4n) is 3.30. The maximum atomic E-state index is 13.2. The van der Waals surface area contributed by atoms with Crippen LogP contribution < -0.4 is 25.8 Å². The second-order valence-corrected chi connectivity index (χ2v) is 10.6. The number of nitrogens with zero attached hydrogens (tertiary/aromatic N) is 2. The molecule has 0 aliphatic carbocycles. The summed E-state index contributed by atoms with van der Waals surface area (Å²) < 4.78 is 13.0. The molecule has 0 aliphatic rings. The van der Waals surface area contributed by atoms with E-state index in [1.54, 1.807) is 61.0 Å². The molecular weight excluding hydrogens is 580 g/mol. The predicted molar refractivity (Wildman–Crippen MR) is 149 cm³/mol. The number of para-hydroxylation sites is 1. The summed E-state index contributed by atoms with van der Waals surface area (Å²) in [4.78, 5) is 43.6. The number of anilines is 1. The molecule has 0 saturated heterocycles. The molecule has 2 heterocycles. The Kier molecular flexibility index (Phi) is 8.85. The van der Waals surface area contributed by atoms with E-state index in [2.05, 4.69) is 31.7 Å². The largest absolute Gasteiger partial charge is 0.497 e. The Bertz CT molecular complexity index is 1490. The van der Waals surface area contributed by atoms with Crippen LogP contribution in [0.2, 0.25) is 0 Å². The molecule has 0 saturated carbocycles. The molecule has 2 amide bonds. The number of thiophene rings is 1. The molecule has 0 aliphatic heterocycles. The van der Waals surface area contributed by atoms with Crippen molar-refractivity contribution in [1.82, 2.24) is 9.66 Å². The van der Waals surface area contributed by atoms with Crippen molar-refractivity contribution >= 4 is 66.7 Å². The average molecular weight is 604 g/mol. The topological polar surface area (TPSA) is 112 Å². The van der Waals surface area contributed by atoms with Crippen molar-refractivity contribution in [1.29, 1.82) is 0 Å². The van der Waals surface area contributed by atoms with Crippen molar-refractivity contribution in [3.63, 3.8) is 0 Å². The molecule has 192 valence electrons. The van der Waals surface area contributed by atoms with E-state index in [0.717, 1.165) is 16.4 Å². The number of amides is 2. The molecule has 0 unspecified atom stereocenters. The van der Waals surface area contributed by atoms with E-state index in [1.807, 2.05) is 13.0 Å². The quantitative estimate of drug-likeness (QED) is 0.196. The Morgan fingerprint density at radius 1 is 1.19 bits per heavy atom. The number of benzene rings is 2. The van der Waals surface area contributed by atoms with E-state index in [1.165, 1.54) is 11.3 Å². The van der Waals surface area contributed by atoms with Gasteiger partial charge in [-0.1, -0.05) is 36.9 Å². The Labute approximate surface area is 229 Å². The number of nitrogens with one attached hydrogen (secondary N) is 2. The zero-order chi connectivity index (χ0) is 26.4. The Morgan fingerprint density at radius 2 is 2.00 bits per heavy atom. The average Bonchev–Trinajstić information content (AvgIpc) is 3.37. The van der Waals surface area contributed by atoms with Crippen LogP contribution in [-0.4, -0.2) is 40.4 Å². The minimum Gasteiger partial charge on any atom is -0.497 e. The molecule has 12 heteroatoms. The van der Waals surface area contributed by atoms with Crippen LogP contribution >= 0.6 is 39.0 Å². The molecule has 2 N–H and O–H groups in total. The molecule has 2 aromatic carbocycles. The molecule has 0 fully saturated rings. The number of fused-ring (bicyclic) bond motifs is 1. The van der Waals surface area contributed by atoms with Gasteiger partial charge in [-0.2, -0.15) is 4.68 Å². The van der Waals surface area contributed by atoms with Gasteiger partial charge >= 0.3 is 0 Å². The van der Waals surface area contributed by atoms with Gasteiger partial charge in [0.05, 0.1) is 22.3 Å². The lowest BCUT2D eigenvalue weighted by molar-refractivity contribution is -0.119. The summed E-state index contributed by atoms with van der Waals surface area (Å²) in [7, 11) is 1.55. The van der Waals surface area contributed by atoms with Crippen LogP contribution in [0, 0.1) is 0 Å². The number of ether oxygens (including phenoxy) is 2. The second-order valence-electron chi connectivity index (χ2n) is 7.66. The number of aromatic nitrogens is 2. The van der Waals surface area contributed by atoms with Crippen molar-refractivity contribution < 1.29 is 19.1 Å². The van der Waals surface area contributed by atoms with Crippen molar-refractivity contribution in [3.05, 3.63) is 74.8 Å². The van der Waals surface area contributed by atoms with Crippen molar-refractivity contribution in [2.24, 2.45) is 0 Å². The number of rotatable bonds is 10. The molecule has 0 spiro atoms. The molecule has 4 aromatic rings. The molecule has 37 heavy (non-hydrogen) atoms. The van der Waals surface area contributed by atoms with E-state index < -0.39 is 16.7 Å². The lowest BCUT2D eigenvalue weighted by atomic mass is 10.2. The molecular formula is C25H23BrN4O5S2. The summed E-state index contributed by atoms with van der Waals surface area (Å²) in [5, 5.41) is 4.23. The van der Waals surface area contributed by atoms with Gasteiger partial charge in [0.2, 0.25) is 5.91 Å². The van der Waals surface area contributed by atoms with Gasteiger partial charge in [-0.15, -0.1) is 11.3 Å². The molecule has 0 radical (unpaired) electrons. The van der Waals surface area contributed by atoms with Gasteiger partial charge in [0, 0.05) is 11.8 Å². The standard InChI is InChI=1S/C25H23BrN4O5S2/c1-3-20(23(32)27-15-7-6-8-16(13-15)34-2)37-25-28-18-11-12-36-22(18)24(33)30(25)29-21(31)14-35-19-10-5-4-9-17(19)26/h4-13,20H,3,14H2,1-2H3,(H,27,32)(H,29,31)/t20-/m1/s1. The number of halogens is 1. The van der Waals surface area contributed by atoms with E-state index in [9.17, 15) is 14.4 Å². The fraction of sp³-hybridized carbons (Fsp3) is 0.200. The monoisotopic (exact) mass is 602 g/mol. The normalized spacial score (nSPS) is 11.6.